The number of aliphatic hydroxyl groups excluding tert-OH is 1. The summed E-state index contributed by atoms with van der Waals surface area (Å²) in [4.78, 5) is 14.7. The van der Waals surface area contributed by atoms with Crippen LogP contribution < -0.4 is 20.1 Å². The zero-order valence-corrected chi connectivity index (χ0v) is 20.7. The molecule has 3 N–H and O–H groups in total. The van der Waals surface area contributed by atoms with Crippen LogP contribution in [0.4, 0.5) is 18.9 Å². The average Bonchev–Trinajstić information content (AvgIpc) is 3.22. The molecule has 0 radical (unpaired) electrons. The van der Waals surface area contributed by atoms with Crippen LogP contribution in [-0.4, -0.2) is 54.6 Å². The first-order chi connectivity index (χ1) is 18.3. The van der Waals surface area contributed by atoms with Crippen LogP contribution in [0.1, 0.15) is 30.4 Å². The molecule has 0 aromatic heterocycles. The molecule has 1 amide bonds. The number of alkyl halides is 3. The SMILES string of the molecule is O=C(CNC(O)C1C2CN(C3CC=C(c4ccc5c(c4)OCO5)CC3)CC21)Nc1cccc(C(F)(F)F)c1. The van der Waals surface area contributed by atoms with Crippen molar-refractivity contribution in [2.24, 2.45) is 17.8 Å². The van der Waals surface area contributed by atoms with Gasteiger partial charge in [0.15, 0.2) is 11.5 Å². The molecule has 10 heteroatoms. The summed E-state index contributed by atoms with van der Waals surface area (Å²) in [5.41, 5.74) is 1.77. The van der Waals surface area contributed by atoms with Crippen LogP contribution in [0.3, 0.4) is 0 Å². The van der Waals surface area contributed by atoms with Crippen molar-refractivity contribution in [2.75, 3.05) is 31.7 Å². The quantitative estimate of drug-likeness (QED) is 0.469. The number of carbonyl (C=O) groups excluding carboxylic acids is 1. The van der Waals surface area contributed by atoms with E-state index in [2.05, 4.69) is 33.7 Å². The van der Waals surface area contributed by atoms with Gasteiger partial charge in [0.05, 0.1) is 12.1 Å². The fourth-order valence-electron chi connectivity index (χ4n) is 6.19. The average molecular weight is 530 g/mol. The summed E-state index contributed by atoms with van der Waals surface area (Å²) in [6.07, 6.45) is 0.113. The number of carbonyl (C=O) groups is 1. The lowest BCUT2D eigenvalue weighted by Crippen LogP contribution is -2.42. The Balaban J connectivity index is 0.946. The topological polar surface area (TPSA) is 83.1 Å². The third-order valence-electron chi connectivity index (χ3n) is 8.24. The minimum Gasteiger partial charge on any atom is -0.454 e. The Morgan fingerprint density at radius 3 is 2.63 bits per heavy atom. The molecule has 2 fully saturated rings. The number of halogens is 3. The van der Waals surface area contributed by atoms with Crippen LogP contribution in [-0.2, 0) is 11.0 Å². The monoisotopic (exact) mass is 529 g/mol. The number of hydrogen-bond donors (Lipinski definition) is 3. The minimum absolute atomic E-state index is 0.0725. The van der Waals surface area contributed by atoms with Gasteiger partial charge in [-0.15, -0.1) is 0 Å². The fourth-order valence-corrected chi connectivity index (χ4v) is 6.19. The van der Waals surface area contributed by atoms with Crippen molar-refractivity contribution in [3.05, 3.63) is 59.7 Å². The van der Waals surface area contributed by atoms with Gasteiger partial charge in [-0.2, -0.15) is 13.2 Å². The molecule has 0 bridgehead atoms. The van der Waals surface area contributed by atoms with E-state index in [1.165, 1.54) is 23.3 Å². The van der Waals surface area contributed by atoms with Gasteiger partial charge < -0.3 is 19.9 Å². The van der Waals surface area contributed by atoms with Crippen LogP contribution in [0.5, 0.6) is 11.5 Å². The molecule has 2 heterocycles. The van der Waals surface area contributed by atoms with E-state index in [1.807, 2.05) is 6.07 Å². The molecule has 2 aromatic carbocycles. The van der Waals surface area contributed by atoms with Crippen LogP contribution in [0.15, 0.2) is 48.5 Å². The Morgan fingerprint density at radius 2 is 1.89 bits per heavy atom. The zero-order valence-electron chi connectivity index (χ0n) is 20.7. The molecular weight excluding hydrogens is 499 g/mol. The molecule has 38 heavy (non-hydrogen) atoms. The molecule has 4 unspecified atom stereocenters. The summed E-state index contributed by atoms with van der Waals surface area (Å²) >= 11 is 0. The Morgan fingerprint density at radius 1 is 1.11 bits per heavy atom. The number of piperidine rings is 1. The van der Waals surface area contributed by atoms with E-state index in [9.17, 15) is 23.1 Å². The lowest BCUT2D eigenvalue weighted by molar-refractivity contribution is -0.137. The van der Waals surface area contributed by atoms with E-state index >= 15 is 0 Å². The van der Waals surface area contributed by atoms with Crippen molar-refractivity contribution in [1.29, 1.82) is 0 Å². The first-order valence-electron chi connectivity index (χ1n) is 13.0. The van der Waals surface area contributed by atoms with E-state index < -0.39 is 23.9 Å². The van der Waals surface area contributed by atoms with E-state index in [0.717, 1.165) is 56.0 Å². The lowest BCUT2D eigenvalue weighted by Gasteiger charge is -2.33. The molecule has 4 aliphatic rings. The summed E-state index contributed by atoms with van der Waals surface area (Å²) in [7, 11) is 0. The van der Waals surface area contributed by atoms with Gasteiger partial charge in [0.1, 0.15) is 6.23 Å². The molecule has 1 saturated carbocycles. The molecule has 2 aromatic rings. The first-order valence-corrected chi connectivity index (χ1v) is 13.0. The number of allylic oxidation sites excluding steroid dienone is 1. The Kier molecular flexibility index (Phi) is 6.57. The highest BCUT2D eigenvalue weighted by Crippen LogP contribution is 2.54. The van der Waals surface area contributed by atoms with Gasteiger partial charge in [0.25, 0.3) is 0 Å². The highest BCUT2D eigenvalue weighted by Gasteiger charge is 2.59. The molecule has 2 aliphatic carbocycles. The van der Waals surface area contributed by atoms with Crippen molar-refractivity contribution in [3.63, 3.8) is 0 Å². The lowest BCUT2D eigenvalue weighted by atomic mass is 9.89. The number of nitrogens with one attached hydrogen (secondary N) is 2. The van der Waals surface area contributed by atoms with Gasteiger partial charge >= 0.3 is 6.18 Å². The van der Waals surface area contributed by atoms with Gasteiger partial charge in [-0.1, -0.05) is 18.2 Å². The van der Waals surface area contributed by atoms with Gasteiger partial charge in [0.2, 0.25) is 12.7 Å². The predicted octanol–water partition coefficient (Wildman–Crippen LogP) is 4.09. The van der Waals surface area contributed by atoms with Crippen molar-refractivity contribution in [2.45, 2.75) is 37.7 Å². The van der Waals surface area contributed by atoms with E-state index in [-0.39, 0.29) is 24.9 Å². The van der Waals surface area contributed by atoms with Crippen LogP contribution in [0.25, 0.3) is 5.57 Å². The Bertz CT molecular complexity index is 1240. The first kappa shape index (κ1) is 25.2. The van der Waals surface area contributed by atoms with Crippen molar-refractivity contribution >= 4 is 17.2 Å². The predicted molar refractivity (Wildman–Crippen MR) is 134 cm³/mol. The van der Waals surface area contributed by atoms with E-state index in [1.54, 1.807) is 0 Å². The normalized spacial score (nSPS) is 27.0. The maximum Gasteiger partial charge on any atom is 0.416 e. The maximum atomic E-state index is 12.9. The van der Waals surface area contributed by atoms with Gasteiger partial charge in [-0.05, 0) is 72.6 Å². The smallest absolute Gasteiger partial charge is 0.416 e. The summed E-state index contributed by atoms with van der Waals surface area (Å²) in [5, 5.41) is 15.9. The number of benzene rings is 2. The molecule has 1 saturated heterocycles. The number of nitrogens with zero attached hydrogens (tertiary/aromatic N) is 1. The highest BCUT2D eigenvalue weighted by atomic mass is 19.4. The molecule has 2 aliphatic heterocycles. The molecule has 7 nitrogen and oxygen atoms in total. The standard InChI is InChI=1S/C28H30F3N3O4/c29-28(30,31)18-2-1-3-19(11-18)33-25(35)12-32-27(36)26-21-13-34(14-22(21)26)20-7-4-16(5-8-20)17-6-9-23-24(10-17)38-15-37-23/h1-4,6,9-11,20-22,26-27,32,36H,5,7-8,12-15H2,(H,33,35). The summed E-state index contributed by atoms with van der Waals surface area (Å²) in [5.74, 6) is 1.98. The van der Waals surface area contributed by atoms with Crippen molar-refractivity contribution < 1.29 is 32.5 Å². The van der Waals surface area contributed by atoms with Crippen molar-refractivity contribution in [1.82, 2.24) is 10.2 Å². The third-order valence-corrected chi connectivity index (χ3v) is 8.24. The highest BCUT2D eigenvalue weighted by molar-refractivity contribution is 5.92. The van der Waals surface area contributed by atoms with E-state index in [4.69, 9.17) is 9.47 Å². The number of ether oxygens (including phenoxy) is 2. The number of aliphatic hydroxyl groups is 1. The molecule has 0 spiro atoms. The summed E-state index contributed by atoms with van der Waals surface area (Å²) < 4.78 is 49.5. The number of likely N-dealkylation sites (tertiary alicyclic amines) is 1. The Hall–Kier alpha value is -3.08. The van der Waals surface area contributed by atoms with Gasteiger partial charge in [-0.3, -0.25) is 15.0 Å². The number of fused-ring (bicyclic) bond motifs is 2. The molecule has 6 rings (SSSR count). The Labute approximate surface area is 218 Å². The zero-order chi connectivity index (χ0) is 26.4. The van der Waals surface area contributed by atoms with Gasteiger partial charge in [0, 0.05) is 30.7 Å². The minimum atomic E-state index is -4.48. The maximum absolute atomic E-state index is 12.9. The largest absolute Gasteiger partial charge is 0.454 e. The van der Waals surface area contributed by atoms with Crippen LogP contribution >= 0.6 is 0 Å². The second-order valence-corrected chi connectivity index (χ2v) is 10.5. The summed E-state index contributed by atoms with van der Waals surface area (Å²) in [6.45, 7) is 1.97. The summed E-state index contributed by atoms with van der Waals surface area (Å²) in [6, 6.07) is 11.1. The number of hydrogen-bond acceptors (Lipinski definition) is 6. The third kappa shape index (κ3) is 5.12. The fraction of sp³-hybridized carbons (Fsp3) is 0.464. The number of anilines is 1. The van der Waals surface area contributed by atoms with Crippen LogP contribution in [0.2, 0.25) is 0 Å². The van der Waals surface area contributed by atoms with Gasteiger partial charge in [-0.25, -0.2) is 0 Å². The second-order valence-electron chi connectivity index (χ2n) is 10.5. The second kappa shape index (κ2) is 9.91. The van der Waals surface area contributed by atoms with E-state index in [0.29, 0.717) is 17.9 Å². The molecule has 4 atom stereocenters. The molecule has 202 valence electrons. The van der Waals surface area contributed by atoms with Crippen molar-refractivity contribution in [3.8, 4) is 11.5 Å². The van der Waals surface area contributed by atoms with Crippen LogP contribution in [0, 0.1) is 17.8 Å². The number of rotatable bonds is 7. The number of amides is 1. The molecular formula is C28H30F3N3O4.